The fraction of sp³-hybridized carbons (Fsp3) is 0.308. The van der Waals surface area contributed by atoms with Gasteiger partial charge in [0.25, 0.3) is 0 Å². The minimum Gasteiger partial charge on any atom is -0.490 e. The van der Waals surface area contributed by atoms with Gasteiger partial charge >= 0.3 is 0 Å². The molecular formula is C13H13Br2NO. The van der Waals surface area contributed by atoms with E-state index in [1.807, 2.05) is 18.2 Å². The summed E-state index contributed by atoms with van der Waals surface area (Å²) in [6.07, 6.45) is 3.96. The van der Waals surface area contributed by atoms with Gasteiger partial charge in [-0.25, -0.2) is 0 Å². The first-order valence-corrected chi connectivity index (χ1v) is 7.18. The highest BCUT2D eigenvalue weighted by Crippen LogP contribution is 2.37. The summed E-state index contributed by atoms with van der Waals surface area (Å²) in [5.74, 6) is 0.831. The molecule has 0 saturated carbocycles. The fourth-order valence-electron chi connectivity index (χ4n) is 1.60. The quantitative estimate of drug-likeness (QED) is 0.722. The van der Waals surface area contributed by atoms with Crippen LogP contribution in [-0.2, 0) is 0 Å². The van der Waals surface area contributed by atoms with Crippen LogP contribution in [0.5, 0.6) is 5.75 Å². The molecule has 0 spiro atoms. The molecule has 0 aliphatic rings. The standard InChI is InChI=1S/C13H13Br2NO/c1-2-3-7-17-13-11(15)8-10(14)9-5-4-6-16-12(9)13/h4-6,8H,2-3,7H2,1H3. The van der Waals surface area contributed by atoms with E-state index in [1.165, 1.54) is 0 Å². The molecule has 0 aliphatic carbocycles. The Morgan fingerprint density at radius 2 is 2.12 bits per heavy atom. The van der Waals surface area contributed by atoms with E-state index in [4.69, 9.17) is 4.74 Å². The van der Waals surface area contributed by atoms with E-state index in [2.05, 4.69) is 43.8 Å². The van der Waals surface area contributed by atoms with Gasteiger partial charge in [-0.2, -0.15) is 0 Å². The summed E-state index contributed by atoms with van der Waals surface area (Å²) in [5, 5.41) is 1.07. The highest BCUT2D eigenvalue weighted by Gasteiger charge is 2.11. The van der Waals surface area contributed by atoms with Crippen LogP contribution in [0.3, 0.4) is 0 Å². The van der Waals surface area contributed by atoms with Gasteiger partial charge in [0.15, 0.2) is 5.75 Å². The van der Waals surface area contributed by atoms with Gasteiger partial charge in [0.1, 0.15) is 5.52 Å². The lowest BCUT2D eigenvalue weighted by Gasteiger charge is -2.11. The molecule has 0 atom stereocenters. The van der Waals surface area contributed by atoms with Crippen molar-refractivity contribution in [3.05, 3.63) is 33.3 Å². The van der Waals surface area contributed by atoms with E-state index in [1.54, 1.807) is 6.20 Å². The zero-order valence-electron chi connectivity index (χ0n) is 9.54. The van der Waals surface area contributed by atoms with Crippen LogP contribution < -0.4 is 4.74 Å². The first-order valence-electron chi connectivity index (χ1n) is 5.59. The van der Waals surface area contributed by atoms with Crippen LogP contribution in [0.2, 0.25) is 0 Å². The lowest BCUT2D eigenvalue weighted by atomic mass is 10.2. The van der Waals surface area contributed by atoms with Crippen molar-refractivity contribution in [1.82, 2.24) is 4.98 Å². The second-order valence-electron chi connectivity index (χ2n) is 3.77. The summed E-state index contributed by atoms with van der Waals surface area (Å²) < 4.78 is 7.78. The van der Waals surface area contributed by atoms with Crippen LogP contribution >= 0.6 is 31.9 Å². The number of pyridine rings is 1. The first kappa shape index (κ1) is 12.8. The van der Waals surface area contributed by atoms with Crippen LogP contribution in [0.15, 0.2) is 33.3 Å². The molecule has 0 fully saturated rings. The number of fused-ring (bicyclic) bond motifs is 1. The Morgan fingerprint density at radius 1 is 1.29 bits per heavy atom. The molecule has 2 nitrogen and oxygen atoms in total. The molecule has 1 aromatic heterocycles. The molecule has 0 bridgehead atoms. The molecular weight excluding hydrogens is 346 g/mol. The number of aromatic nitrogens is 1. The second kappa shape index (κ2) is 5.83. The number of benzene rings is 1. The van der Waals surface area contributed by atoms with Crippen molar-refractivity contribution in [2.75, 3.05) is 6.61 Å². The molecule has 0 N–H and O–H groups in total. The maximum atomic E-state index is 5.82. The summed E-state index contributed by atoms with van der Waals surface area (Å²) >= 11 is 7.06. The number of halogens is 2. The minimum absolute atomic E-state index is 0.725. The molecule has 1 heterocycles. The predicted octanol–water partition coefficient (Wildman–Crippen LogP) is 4.94. The molecule has 0 aliphatic heterocycles. The fourth-order valence-corrected chi connectivity index (χ4v) is 2.99. The third-order valence-electron chi connectivity index (χ3n) is 2.49. The Labute approximate surface area is 118 Å². The number of ether oxygens (including phenoxy) is 1. The van der Waals surface area contributed by atoms with Gasteiger partial charge in [0.05, 0.1) is 11.1 Å². The van der Waals surface area contributed by atoms with Gasteiger partial charge in [-0.3, -0.25) is 4.98 Å². The van der Waals surface area contributed by atoms with Crippen LogP contribution in [-0.4, -0.2) is 11.6 Å². The van der Waals surface area contributed by atoms with Crippen LogP contribution in [0.4, 0.5) is 0 Å². The van der Waals surface area contributed by atoms with Gasteiger partial charge in [0.2, 0.25) is 0 Å². The number of hydrogen-bond donors (Lipinski definition) is 0. The van der Waals surface area contributed by atoms with E-state index >= 15 is 0 Å². The summed E-state index contributed by atoms with van der Waals surface area (Å²) in [6, 6.07) is 5.97. The van der Waals surface area contributed by atoms with Gasteiger partial charge in [-0.05, 0) is 34.5 Å². The van der Waals surface area contributed by atoms with Crippen molar-refractivity contribution in [2.24, 2.45) is 0 Å². The Kier molecular flexibility index (Phi) is 4.40. The molecule has 90 valence electrons. The van der Waals surface area contributed by atoms with Gasteiger partial charge in [-0.1, -0.05) is 35.3 Å². The third-order valence-corrected chi connectivity index (χ3v) is 3.74. The molecule has 0 radical (unpaired) electrons. The molecule has 0 unspecified atom stereocenters. The highest BCUT2D eigenvalue weighted by molar-refractivity contribution is 9.11. The van der Waals surface area contributed by atoms with E-state index in [0.717, 1.165) is 45.0 Å². The van der Waals surface area contributed by atoms with Crippen molar-refractivity contribution in [1.29, 1.82) is 0 Å². The molecule has 0 amide bonds. The lowest BCUT2D eigenvalue weighted by molar-refractivity contribution is 0.310. The van der Waals surface area contributed by atoms with E-state index in [0.29, 0.717) is 0 Å². The second-order valence-corrected chi connectivity index (χ2v) is 5.48. The summed E-state index contributed by atoms with van der Waals surface area (Å²) in [7, 11) is 0. The third kappa shape index (κ3) is 2.80. The zero-order valence-corrected chi connectivity index (χ0v) is 12.7. The van der Waals surface area contributed by atoms with Crippen LogP contribution in [0.25, 0.3) is 10.9 Å². The molecule has 1 aromatic carbocycles. The average Bonchev–Trinajstić information content (AvgIpc) is 2.33. The van der Waals surface area contributed by atoms with Crippen LogP contribution in [0, 0.1) is 0 Å². The largest absolute Gasteiger partial charge is 0.490 e. The van der Waals surface area contributed by atoms with Crippen molar-refractivity contribution >= 4 is 42.8 Å². The lowest BCUT2D eigenvalue weighted by Crippen LogP contribution is -1.99. The van der Waals surface area contributed by atoms with Gasteiger partial charge < -0.3 is 4.74 Å². The number of rotatable bonds is 4. The number of unbranched alkanes of at least 4 members (excludes halogenated alkanes) is 1. The van der Waals surface area contributed by atoms with Crippen molar-refractivity contribution in [2.45, 2.75) is 19.8 Å². The normalized spacial score (nSPS) is 10.8. The van der Waals surface area contributed by atoms with E-state index in [-0.39, 0.29) is 0 Å². The minimum atomic E-state index is 0.725. The Bertz CT molecular complexity index is 528. The highest BCUT2D eigenvalue weighted by atomic mass is 79.9. The van der Waals surface area contributed by atoms with Crippen LogP contribution in [0.1, 0.15) is 19.8 Å². The van der Waals surface area contributed by atoms with Crippen molar-refractivity contribution in [3.8, 4) is 5.75 Å². The van der Waals surface area contributed by atoms with Gasteiger partial charge in [0, 0.05) is 16.1 Å². The maximum Gasteiger partial charge on any atom is 0.159 e. The SMILES string of the molecule is CCCCOc1c(Br)cc(Br)c2cccnc12. The average molecular weight is 359 g/mol. The summed E-state index contributed by atoms with van der Waals surface area (Å²) in [4.78, 5) is 4.40. The van der Waals surface area contributed by atoms with Gasteiger partial charge in [-0.15, -0.1) is 0 Å². The Balaban J connectivity index is 2.46. The molecule has 17 heavy (non-hydrogen) atoms. The predicted molar refractivity (Wildman–Crippen MR) is 77.5 cm³/mol. The van der Waals surface area contributed by atoms with Crippen molar-refractivity contribution in [3.63, 3.8) is 0 Å². The van der Waals surface area contributed by atoms with E-state index in [9.17, 15) is 0 Å². The number of nitrogens with zero attached hydrogens (tertiary/aromatic N) is 1. The van der Waals surface area contributed by atoms with E-state index < -0.39 is 0 Å². The molecule has 4 heteroatoms. The monoisotopic (exact) mass is 357 g/mol. The number of hydrogen-bond acceptors (Lipinski definition) is 2. The molecule has 2 rings (SSSR count). The molecule has 2 aromatic rings. The zero-order chi connectivity index (χ0) is 12.3. The smallest absolute Gasteiger partial charge is 0.159 e. The molecule has 0 saturated heterocycles. The topological polar surface area (TPSA) is 22.1 Å². The van der Waals surface area contributed by atoms with Crippen molar-refractivity contribution < 1.29 is 4.74 Å². The Hall–Kier alpha value is -0.610. The summed E-state index contributed by atoms with van der Waals surface area (Å²) in [5.41, 5.74) is 0.893. The maximum absolute atomic E-state index is 5.82. The Morgan fingerprint density at radius 3 is 2.88 bits per heavy atom. The first-order chi connectivity index (χ1) is 8.24. The summed E-state index contributed by atoms with van der Waals surface area (Å²) in [6.45, 7) is 2.87.